The number of nitro groups is 1. The lowest BCUT2D eigenvalue weighted by molar-refractivity contribution is -0.385. The molecule has 104 valence electrons. The molecule has 1 fully saturated rings. The van der Waals surface area contributed by atoms with Crippen molar-refractivity contribution in [1.29, 1.82) is 0 Å². The van der Waals surface area contributed by atoms with Crippen molar-refractivity contribution in [2.24, 2.45) is 5.92 Å². The molecule has 1 aromatic rings. The van der Waals surface area contributed by atoms with E-state index in [0.29, 0.717) is 21.8 Å². The summed E-state index contributed by atoms with van der Waals surface area (Å²) in [5, 5.41) is 23.4. The number of hydrogen-bond acceptors (Lipinski definition) is 5. The van der Waals surface area contributed by atoms with Crippen LogP contribution in [-0.2, 0) is 0 Å². The van der Waals surface area contributed by atoms with Gasteiger partial charge in [0.25, 0.3) is 5.69 Å². The maximum atomic E-state index is 10.8. The third-order valence-electron chi connectivity index (χ3n) is 3.51. The Hall–Kier alpha value is -1.21. The van der Waals surface area contributed by atoms with Crippen molar-refractivity contribution in [3.8, 4) is 0 Å². The number of anilines is 1. The van der Waals surface area contributed by atoms with Gasteiger partial charge in [-0.05, 0) is 48.0 Å². The molecule has 19 heavy (non-hydrogen) atoms. The molecule has 6 nitrogen and oxygen atoms in total. The van der Waals surface area contributed by atoms with Crippen molar-refractivity contribution in [2.45, 2.75) is 32.3 Å². The standard InChI is InChI=1S/C12H16BrN3O3/c1-7-10(16(18)19)6-15-12(11(7)13)14-5-8-2-3-9(17)4-8/h6,8-9,17H,2-5H2,1H3,(H,14,15). The summed E-state index contributed by atoms with van der Waals surface area (Å²) in [6, 6.07) is 0. The van der Waals surface area contributed by atoms with E-state index in [1.807, 2.05) is 0 Å². The molecule has 0 amide bonds. The second-order valence-corrected chi connectivity index (χ2v) is 5.69. The second kappa shape index (κ2) is 5.83. The maximum absolute atomic E-state index is 10.8. The average Bonchev–Trinajstić information content (AvgIpc) is 2.76. The molecule has 2 rings (SSSR count). The van der Waals surface area contributed by atoms with E-state index in [1.54, 1.807) is 6.92 Å². The molecule has 0 saturated heterocycles. The number of halogens is 1. The first kappa shape index (κ1) is 14.2. The molecule has 0 aromatic carbocycles. The summed E-state index contributed by atoms with van der Waals surface area (Å²) in [6.45, 7) is 2.41. The summed E-state index contributed by atoms with van der Waals surface area (Å²) in [7, 11) is 0. The van der Waals surface area contributed by atoms with Crippen LogP contribution in [0, 0.1) is 23.0 Å². The number of rotatable bonds is 4. The summed E-state index contributed by atoms with van der Waals surface area (Å²) in [5.74, 6) is 1.05. The van der Waals surface area contributed by atoms with Crippen LogP contribution in [0.15, 0.2) is 10.7 Å². The highest BCUT2D eigenvalue weighted by Crippen LogP contribution is 2.31. The normalized spacial score (nSPS) is 22.5. The largest absolute Gasteiger partial charge is 0.393 e. The lowest BCUT2D eigenvalue weighted by Gasteiger charge is -2.13. The first-order valence-corrected chi connectivity index (χ1v) is 6.99. The van der Waals surface area contributed by atoms with Gasteiger partial charge in [0.15, 0.2) is 0 Å². The SMILES string of the molecule is Cc1c([N+](=O)[O-])cnc(NCC2CCC(O)C2)c1Br. The molecule has 0 spiro atoms. The zero-order valence-corrected chi connectivity index (χ0v) is 12.2. The van der Waals surface area contributed by atoms with E-state index >= 15 is 0 Å². The van der Waals surface area contributed by atoms with Crippen molar-refractivity contribution in [3.63, 3.8) is 0 Å². The average molecular weight is 330 g/mol. The number of nitrogens with one attached hydrogen (secondary N) is 1. The van der Waals surface area contributed by atoms with Crippen LogP contribution >= 0.6 is 15.9 Å². The lowest BCUT2D eigenvalue weighted by Crippen LogP contribution is -2.14. The molecule has 2 atom stereocenters. The van der Waals surface area contributed by atoms with E-state index in [-0.39, 0.29) is 11.8 Å². The summed E-state index contributed by atoms with van der Waals surface area (Å²) in [6.07, 6.45) is 3.72. The molecule has 7 heteroatoms. The molecule has 0 aliphatic heterocycles. The topological polar surface area (TPSA) is 88.3 Å². The minimum atomic E-state index is -0.440. The minimum absolute atomic E-state index is 0.00807. The first-order valence-electron chi connectivity index (χ1n) is 6.20. The van der Waals surface area contributed by atoms with Crippen molar-refractivity contribution in [3.05, 3.63) is 26.3 Å². The molecule has 0 radical (unpaired) electrons. The van der Waals surface area contributed by atoms with Crippen molar-refractivity contribution in [1.82, 2.24) is 4.98 Å². The minimum Gasteiger partial charge on any atom is -0.393 e. The Kier molecular flexibility index (Phi) is 4.36. The Labute approximate surface area is 119 Å². The molecule has 1 saturated carbocycles. The quantitative estimate of drug-likeness (QED) is 0.654. The highest BCUT2D eigenvalue weighted by atomic mass is 79.9. The maximum Gasteiger partial charge on any atom is 0.291 e. The fourth-order valence-electron chi connectivity index (χ4n) is 2.35. The molecule has 1 heterocycles. The number of aliphatic hydroxyl groups excluding tert-OH is 1. The Balaban J connectivity index is 2.05. The summed E-state index contributed by atoms with van der Waals surface area (Å²) in [4.78, 5) is 14.4. The number of pyridine rings is 1. The molecule has 2 N–H and O–H groups in total. The molecular formula is C12H16BrN3O3. The second-order valence-electron chi connectivity index (χ2n) is 4.90. The van der Waals surface area contributed by atoms with Gasteiger partial charge in [0.05, 0.1) is 15.5 Å². The zero-order chi connectivity index (χ0) is 14.0. The summed E-state index contributed by atoms with van der Waals surface area (Å²) < 4.78 is 0.625. The van der Waals surface area contributed by atoms with Crippen LogP contribution in [0.3, 0.4) is 0 Å². The van der Waals surface area contributed by atoms with Gasteiger partial charge in [-0.2, -0.15) is 0 Å². The fraction of sp³-hybridized carbons (Fsp3) is 0.583. The third-order valence-corrected chi connectivity index (χ3v) is 4.48. The first-order chi connectivity index (χ1) is 8.99. The molecule has 1 aliphatic rings. The van der Waals surface area contributed by atoms with Gasteiger partial charge in [0, 0.05) is 12.1 Å². The predicted molar refractivity (Wildman–Crippen MR) is 75.2 cm³/mol. The lowest BCUT2D eigenvalue weighted by atomic mass is 10.1. The number of hydrogen-bond donors (Lipinski definition) is 2. The van der Waals surface area contributed by atoms with Crippen molar-refractivity contribution in [2.75, 3.05) is 11.9 Å². The monoisotopic (exact) mass is 329 g/mol. The number of aliphatic hydroxyl groups is 1. The van der Waals surface area contributed by atoms with Gasteiger partial charge in [-0.3, -0.25) is 10.1 Å². The van der Waals surface area contributed by atoms with E-state index in [1.165, 1.54) is 6.20 Å². The number of nitrogens with zero attached hydrogens (tertiary/aromatic N) is 2. The highest BCUT2D eigenvalue weighted by Gasteiger charge is 2.23. The smallest absolute Gasteiger partial charge is 0.291 e. The van der Waals surface area contributed by atoms with Gasteiger partial charge < -0.3 is 10.4 Å². The van der Waals surface area contributed by atoms with Gasteiger partial charge in [-0.25, -0.2) is 4.98 Å². The van der Waals surface area contributed by atoms with Gasteiger partial charge in [-0.1, -0.05) is 0 Å². The molecule has 1 aromatic heterocycles. The van der Waals surface area contributed by atoms with Gasteiger partial charge in [0.1, 0.15) is 12.0 Å². The summed E-state index contributed by atoms with van der Waals surface area (Å²) in [5.41, 5.74) is 0.572. The Morgan fingerprint density at radius 3 is 2.95 bits per heavy atom. The third kappa shape index (κ3) is 3.22. The van der Waals surface area contributed by atoms with Gasteiger partial charge in [-0.15, -0.1) is 0 Å². The van der Waals surface area contributed by atoms with E-state index in [0.717, 1.165) is 25.8 Å². The Morgan fingerprint density at radius 2 is 2.37 bits per heavy atom. The van der Waals surface area contributed by atoms with Crippen LogP contribution in [0.2, 0.25) is 0 Å². The Morgan fingerprint density at radius 1 is 1.63 bits per heavy atom. The molecular weight excluding hydrogens is 314 g/mol. The van der Waals surface area contributed by atoms with E-state index in [2.05, 4.69) is 26.2 Å². The van der Waals surface area contributed by atoms with Crippen LogP contribution in [0.1, 0.15) is 24.8 Å². The number of aromatic nitrogens is 1. The zero-order valence-electron chi connectivity index (χ0n) is 10.6. The highest BCUT2D eigenvalue weighted by molar-refractivity contribution is 9.10. The van der Waals surface area contributed by atoms with Gasteiger partial charge in [0.2, 0.25) is 0 Å². The summed E-state index contributed by atoms with van der Waals surface area (Å²) >= 11 is 3.34. The van der Waals surface area contributed by atoms with E-state index in [9.17, 15) is 15.2 Å². The molecule has 1 aliphatic carbocycles. The van der Waals surface area contributed by atoms with Crippen molar-refractivity contribution >= 4 is 27.4 Å². The van der Waals surface area contributed by atoms with Crippen LogP contribution in [0.25, 0.3) is 0 Å². The van der Waals surface area contributed by atoms with Crippen LogP contribution in [0.4, 0.5) is 11.5 Å². The van der Waals surface area contributed by atoms with Crippen LogP contribution in [0.5, 0.6) is 0 Å². The van der Waals surface area contributed by atoms with Crippen LogP contribution in [-0.4, -0.2) is 27.7 Å². The van der Waals surface area contributed by atoms with E-state index < -0.39 is 4.92 Å². The van der Waals surface area contributed by atoms with Crippen LogP contribution < -0.4 is 5.32 Å². The van der Waals surface area contributed by atoms with Gasteiger partial charge >= 0.3 is 0 Å². The molecule has 0 bridgehead atoms. The Bertz CT molecular complexity index is 495. The fourth-order valence-corrected chi connectivity index (χ4v) is 2.80. The predicted octanol–water partition coefficient (Wildman–Crippen LogP) is 2.63. The van der Waals surface area contributed by atoms with E-state index in [4.69, 9.17) is 0 Å². The van der Waals surface area contributed by atoms with Crippen molar-refractivity contribution < 1.29 is 10.0 Å². The molecule has 2 unspecified atom stereocenters.